The molecule has 6 heteroatoms. The van der Waals surface area contributed by atoms with Crippen LogP contribution in [0.2, 0.25) is 0 Å². The molecular formula is C13H18N6. The Kier molecular flexibility index (Phi) is 2.18. The summed E-state index contributed by atoms with van der Waals surface area (Å²) < 4.78 is 3.67. The highest BCUT2D eigenvalue weighted by atomic mass is 15.4. The van der Waals surface area contributed by atoms with E-state index >= 15 is 0 Å². The normalized spacial score (nSPS) is 12.7. The summed E-state index contributed by atoms with van der Waals surface area (Å²) in [5.74, 6) is 0.509. The predicted molar refractivity (Wildman–Crippen MR) is 75.9 cm³/mol. The summed E-state index contributed by atoms with van der Waals surface area (Å²) in [4.78, 5) is 4.71. The van der Waals surface area contributed by atoms with E-state index in [1.807, 2.05) is 24.7 Å². The van der Waals surface area contributed by atoms with Crippen LogP contribution < -0.4 is 5.73 Å². The molecule has 2 N–H and O–H groups in total. The summed E-state index contributed by atoms with van der Waals surface area (Å²) in [7, 11) is 1.85. The maximum atomic E-state index is 5.91. The summed E-state index contributed by atoms with van der Waals surface area (Å²) in [5, 5.41) is 10.7. The number of hydrogen-bond donors (Lipinski definition) is 1. The fourth-order valence-corrected chi connectivity index (χ4v) is 2.34. The molecule has 0 amide bonds. The van der Waals surface area contributed by atoms with Gasteiger partial charge in [0.25, 0.3) is 0 Å². The third-order valence-corrected chi connectivity index (χ3v) is 3.30. The van der Waals surface area contributed by atoms with Gasteiger partial charge in [-0.05, 0) is 33.8 Å². The zero-order valence-electron chi connectivity index (χ0n) is 11.9. The zero-order valence-corrected chi connectivity index (χ0v) is 11.9. The molecule has 3 rings (SSSR count). The Morgan fingerprint density at radius 1 is 1.11 bits per heavy atom. The van der Waals surface area contributed by atoms with Gasteiger partial charge in [0.15, 0.2) is 17.1 Å². The van der Waals surface area contributed by atoms with Crippen molar-refractivity contribution in [3.8, 4) is 0 Å². The Balaban J connectivity index is 2.48. The fourth-order valence-electron chi connectivity index (χ4n) is 2.34. The highest BCUT2D eigenvalue weighted by Crippen LogP contribution is 2.28. The average Bonchev–Trinajstić information content (AvgIpc) is 2.77. The van der Waals surface area contributed by atoms with E-state index < -0.39 is 0 Å². The zero-order chi connectivity index (χ0) is 13.9. The molecular weight excluding hydrogens is 240 g/mol. The van der Waals surface area contributed by atoms with Crippen LogP contribution in [0.5, 0.6) is 0 Å². The van der Waals surface area contributed by atoms with E-state index in [1.54, 1.807) is 4.68 Å². The molecule has 0 aromatic carbocycles. The number of rotatable bonds is 0. The van der Waals surface area contributed by atoms with Crippen molar-refractivity contribution in [2.45, 2.75) is 33.2 Å². The Hall–Kier alpha value is -2.11. The molecule has 0 saturated heterocycles. The lowest BCUT2D eigenvalue weighted by molar-refractivity contribution is 0.364. The SMILES string of the molecule is Cc1nn(C(C)(C)C)c2nc3c(cc12)c(N)nn3C. The van der Waals surface area contributed by atoms with Gasteiger partial charge in [0.05, 0.1) is 16.6 Å². The lowest BCUT2D eigenvalue weighted by Crippen LogP contribution is -2.23. The predicted octanol–water partition coefficient (Wildman–Crippen LogP) is 1.96. The maximum Gasteiger partial charge on any atom is 0.162 e. The average molecular weight is 258 g/mol. The molecule has 3 heterocycles. The summed E-state index contributed by atoms with van der Waals surface area (Å²) in [6.07, 6.45) is 0. The molecule has 0 aliphatic heterocycles. The van der Waals surface area contributed by atoms with Gasteiger partial charge in [0.2, 0.25) is 0 Å². The second-order valence-electron chi connectivity index (χ2n) is 5.91. The van der Waals surface area contributed by atoms with Crippen LogP contribution in [0, 0.1) is 6.92 Å². The van der Waals surface area contributed by atoms with Crippen molar-refractivity contribution >= 4 is 27.9 Å². The summed E-state index contributed by atoms with van der Waals surface area (Å²) in [6.45, 7) is 8.33. The van der Waals surface area contributed by atoms with Crippen LogP contribution in [0.25, 0.3) is 22.1 Å². The Morgan fingerprint density at radius 3 is 2.42 bits per heavy atom. The number of aromatic nitrogens is 5. The second kappa shape index (κ2) is 3.46. The van der Waals surface area contributed by atoms with Gasteiger partial charge >= 0.3 is 0 Å². The number of fused-ring (bicyclic) bond motifs is 2. The monoisotopic (exact) mass is 258 g/mol. The highest BCUT2D eigenvalue weighted by Gasteiger charge is 2.21. The number of nitrogens with two attached hydrogens (primary N) is 1. The molecule has 19 heavy (non-hydrogen) atoms. The van der Waals surface area contributed by atoms with E-state index in [4.69, 9.17) is 10.7 Å². The van der Waals surface area contributed by atoms with Crippen LogP contribution in [0.15, 0.2) is 6.07 Å². The van der Waals surface area contributed by atoms with Crippen molar-refractivity contribution in [2.75, 3.05) is 5.73 Å². The smallest absolute Gasteiger partial charge is 0.162 e. The van der Waals surface area contributed by atoms with Crippen LogP contribution in [0.1, 0.15) is 26.5 Å². The molecule has 0 aliphatic carbocycles. The Labute approximate surface area is 111 Å². The van der Waals surface area contributed by atoms with Crippen LogP contribution >= 0.6 is 0 Å². The molecule has 0 bridgehead atoms. The van der Waals surface area contributed by atoms with Crippen molar-refractivity contribution in [3.63, 3.8) is 0 Å². The number of anilines is 1. The second-order valence-corrected chi connectivity index (χ2v) is 5.91. The highest BCUT2D eigenvalue weighted by molar-refractivity contribution is 5.96. The first kappa shape index (κ1) is 12.0. The van der Waals surface area contributed by atoms with Crippen molar-refractivity contribution in [2.24, 2.45) is 7.05 Å². The van der Waals surface area contributed by atoms with Crippen molar-refractivity contribution < 1.29 is 0 Å². The first-order valence-corrected chi connectivity index (χ1v) is 6.28. The Morgan fingerprint density at radius 2 is 1.79 bits per heavy atom. The largest absolute Gasteiger partial charge is 0.382 e. The standard InChI is InChI=1S/C13H18N6/c1-7-8-6-9-10(14)17-18(5)11(9)15-12(8)19(16-7)13(2,3)4/h6H,1-5H3,(H2,14,17). The maximum absolute atomic E-state index is 5.91. The Bertz CT molecular complexity index is 787. The first-order chi connectivity index (χ1) is 8.79. The van der Waals surface area contributed by atoms with Gasteiger partial charge in [-0.2, -0.15) is 10.2 Å². The quantitative estimate of drug-likeness (QED) is 0.669. The number of pyridine rings is 1. The molecule has 3 aromatic rings. The van der Waals surface area contributed by atoms with Gasteiger partial charge in [-0.25, -0.2) is 14.3 Å². The molecule has 6 nitrogen and oxygen atoms in total. The lowest BCUT2D eigenvalue weighted by atomic mass is 10.1. The third-order valence-electron chi connectivity index (χ3n) is 3.30. The van der Waals surface area contributed by atoms with Crippen LogP contribution in [0.3, 0.4) is 0 Å². The third kappa shape index (κ3) is 1.59. The van der Waals surface area contributed by atoms with E-state index in [2.05, 4.69) is 31.0 Å². The lowest BCUT2D eigenvalue weighted by Gasteiger charge is -2.19. The topological polar surface area (TPSA) is 74.6 Å². The van der Waals surface area contributed by atoms with Gasteiger partial charge in [-0.3, -0.25) is 0 Å². The molecule has 0 unspecified atom stereocenters. The van der Waals surface area contributed by atoms with Gasteiger partial charge in [-0.1, -0.05) is 0 Å². The number of hydrogen-bond acceptors (Lipinski definition) is 4. The van der Waals surface area contributed by atoms with Gasteiger partial charge in [-0.15, -0.1) is 0 Å². The molecule has 0 saturated carbocycles. The van der Waals surface area contributed by atoms with Crippen molar-refractivity contribution in [1.29, 1.82) is 0 Å². The van der Waals surface area contributed by atoms with E-state index in [1.165, 1.54) is 0 Å². The molecule has 0 fully saturated rings. The first-order valence-electron chi connectivity index (χ1n) is 6.28. The van der Waals surface area contributed by atoms with E-state index in [-0.39, 0.29) is 5.54 Å². The minimum Gasteiger partial charge on any atom is -0.382 e. The van der Waals surface area contributed by atoms with Crippen molar-refractivity contribution in [3.05, 3.63) is 11.8 Å². The van der Waals surface area contributed by atoms with Crippen molar-refractivity contribution in [1.82, 2.24) is 24.5 Å². The molecule has 0 aliphatic rings. The van der Waals surface area contributed by atoms with E-state index in [9.17, 15) is 0 Å². The number of nitrogen functional groups attached to an aromatic ring is 1. The number of nitrogens with zero attached hydrogens (tertiary/aromatic N) is 5. The fraction of sp³-hybridized carbons (Fsp3) is 0.462. The summed E-state index contributed by atoms with van der Waals surface area (Å²) in [5.41, 5.74) is 8.42. The van der Waals surface area contributed by atoms with Crippen LogP contribution in [-0.4, -0.2) is 24.5 Å². The minimum atomic E-state index is -0.114. The molecule has 0 radical (unpaired) electrons. The number of aryl methyl sites for hydroxylation is 2. The molecule has 0 atom stereocenters. The molecule has 100 valence electrons. The van der Waals surface area contributed by atoms with Crippen LogP contribution in [-0.2, 0) is 12.6 Å². The summed E-state index contributed by atoms with van der Waals surface area (Å²) >= 11 is 0. The van der Waals surface area contributed by atoms with Gasteiger partial charge in [0.1, 0.15) is 0 Å². The molecule has 0 spiro atoms. The summed E-state index contributed by atoms with van der Waals surface area (Å²) in [6, 6.07) is 2.03. The molecule has 3 aromatic heterocycles. The van der Waals surface area contributed by atoms with Gasteiger partial charge in [0, 0.05) is 12.4 Å². The van der Waals surface area contributed by atoms with Gasteiger partial charge < -0.3 is 5.73 Å². The minimum absolute atomic E-state index is 0.114. The van der Waals surface area contributed by atoms with E-state index in [0.717, 1.165) is 27.8 Å². The van der Waals surface area contributed by atoms with Crippen LogP contribution in [0.4, 0.5) is 5.82 Å². The van der Waals surface area contributed by atoms with E-state index in [0.29, 0.717) is 5.82 Å².